The first-order valence-electron chi connectivity index (χ1n) is 7.48. The topological polar surface area (TPSA) is 12.0 Å². The number of nitrogens with one attached hydrogen (secondary N) is 1. The van der Waals surface area contributed by atoms with Crippen molar-refractivity contribution in [2.24, 2.45) is 11.8 Å². The van der Waals surface area contributed by atoms with Gasteiger partial charge in [-0.15, -0.1) is 11.8 Å². The number of thioether (sulfide) groups is 1. The molecule has 0 spiro atoms. The molecule has 4 rings (SSSR count). The standard InChI is InChI=1S/C16H20FNS/c17-12-3-4-16-13(9-12)14(5-6-19-16)18-15-8-10-1-2-11(15)7-10/h3-4,9-11,14-15,18H,1-2,5-8H2. The second-order valence-corrected chi connectivity index (χ2v) is 7.46. The number of rotatable bonds is 2. The number of benzene rings is 1. The molecule has 0 saturated heterocycles. The minimum atomic E-state index is -0.0963. The van der Waals surface area contributed by atoms with Crippen molar-refractivity contribution < 1.29 is 4.39 Å². The zero-order valence-electron chi connectivity index (χ0n) is 11.1. The molecule has 0 radical (unpaired) electrons. The lowest BCUT2D eigenvalue weighted by Gasteiger charge is -2.32. The third-order valence-corrected chi connectivity index (χ3v) is 6.29. The van der Waals surface area contributed by atoms with Crippen molar-refractivity contribution in [2.75, 3.05) is 5.75 Å². The third kappa shape index (κ3) is 2.21. The number of fused-ring (bicyclic) bond motifs is 3. The van der Waals surface area contributed by atoms with Crippen LogP contribution in [-0.2, 0) is 0 Å². The highest BCUT2D eigenvalue weighted by Gasteiger charge is 2.40. The number of halogens is 1. The van der Waals surface area contributed by atoms with Gasteiger partial charge in [-0.1, -0.05) is 6.42 Å². The van der Waals surface area contributed by atoms with Gasteiger partial charge < -0.3 is 5.32 Å². The van der Waals surface area contributed by atoms with E-state index >= 15 is 0 Å². The van der Waals surface area contributed by atoms with Gasteiger partial charge in [0, 0.05) is 17.0 Å². The van der Waals surface area contributed by atoms with Gasteiger partial charge in [-0.2, -0.15) is 0 Å². The van der Waals surface area contributed by atoms with Crippen LogP contribution in [0.25, 0.3) is 0 Å². The summed E-state index contributed by atoms with van der Waals surface area (Å²) >= 11 is 1.87. The monoisotopic (exact) mass is 277 g/mol. The summed E-state index contributed by atoms with van der Waals surface area (Å²) in [6, 6.07) is 6.33. The first-order valence-corrected chi connectivity index (χ1v) is 8.46. The van der Waals surface area contributed by atoms with E-state index in [0.717, 1.165) is 24.0 Å². The Morgan fingerprint density at radius 1 is 1.16 bits per heavy atom. The SMILES string of the molecule is Fc1ccc2c(c1)C(NC1CC3CCC1C3)CCS2. The maximum Gasteiger partial charge on any atom is 0.123 e. The van der Waals surface area contributed by atoms with E-state index in [1.807, 2.05) is 17.8 Å². The maximum absolute atomic E-state index is 13.5. The summed E-state index contributed by atoms with van der Waals surface area (Å²) in [7, 11) is 0. The molecule has 19 heavy (non-hydrogen) atoms. The molecule has 2 fully saturated rings. The highest BCUT2D eigenvalue weighted by atomic mass is 32.2. The van der Waals surface area contributed by atoms with Crippen LogP contribution in [0.4, 0.5) is 4.39 Å². The molecular weight excluding hydrogens is 257 g/mol. The molecule has 2 aliphatic carbocycles. The van der Waals surface area contributed by atoms with E-state index in [1.165, 1.54) is 36.1 Å². The van der Waals surface area contributed by atoms with Crippen molar-refractivity contribution in [1.82, 2.24) is 5.32 Å². The van der Waals surface area contributed by atoms with E-state index in [9.17, 15) is 4.39 Å². The van der Waals surface area contributed by atoms with Crippen LogP contribution in [0.5, 0.6) is 0 Å². The van der Waals surface area contributed by atoms with Gasteiger partial charge in [0.15, 0.2) is 0 Å². The van der Waals surface area contributed by atoms with Gasteiger partial charge in [-0.05, 0) is 67.0 Å². The molecule has 1 aromatic rings. The molecule has 3 heteroatoms. The summed E-state index contributed by atoms with van der Waals surface area (Å²) in [6.45, 7) is 0. The summed E-state index contributed by atoms with van der Waals surface area (Å²) in [4.78, 5) is 1.27. The van der Waals surface area contributed by atoms with Crippen molar-refractivity contribution in [2.45, 2.75) is 49.1 Å². The predicted octanol–water partition coefficient (Wildman–Crippen LogP) is 4.14. The van der Waals surface area contributed by atoms with E-state index < -0.39 is 0 Å². The fraction of sp³-hybridized carbons (Fsp3) is 0.625. The molecule has 1 N–H and O–H groups in total. The largest absolute Gasteiger partial charge is 0.307 e. The molecule has 1 heterocycles. The van der Waals surface area contributed by atoms with Crippen molar-refractivity contribution in [3.63, 3.8) is 0 Å². The highest BCUT2D eigenvalue weighted by Crippen LogP contribution is 2.46. The molecule has 0 aromatic heterocycles. The maximum atomic E-state index is 13.5. The highest BCUT2D eigenvalue weighted by molar-refractivity contribution is 7.99. The molecule has 2 bridgehead atoms. The van der Waals surface area contributed by atoms with Gasteiger partial charge in [0.25, 0.3) is 0 Å². The van der Waals surface area contributed by atoms with Crippen LogP contribution in [0, 0.1) is 17.7 Å². The second kappa shape index (κ2) is 4.78. The Labute approximate surface area is 118 Å². The van der Waals surface area contributed by atoms with Crippen LogP contribution in [0.15, 0.2) is 23.1 Å². The average Bonchev–Trinajstić information content (AvgIpc) is 3.02. The Kier molecular flexibility index (Phi) is 3.07. The van der Waals surface area contributed by atoms with Crippen molar-refractivity contribution in [3.05, 3.63) is 29.6 Å². The molecule has 1 aliphatic heterocycles. The lowest BCUT2D eigenvalue weighted by atomic mass is 9.93. The van der Waals surface area contributed by atoms with Crippen molar-refractivity contribution in [1.29, 1.82) is 0 Å². The first-order chi connectivity index (χ1) is 9.29. The molecule has 4 atom stereocenters. The summed E-state index contributed by atoms with van der Waals surface area (Å²) in [6.07, 6.45) is 6.75. The molecule has 0 amide bonds. The van der Waals surface area contributed by atoms with Gasteiger partial charge in [-0.3, -0.25) is 0 Å². The van der Waals surface area contributed by atoms with E-state index in [4.69, 9.17) is 0 Å². The lowest BCUT2D eigenvalue weighted by molar-refractivity contribution is 0.313. The Bertz CT molecular complexity index is 490. The molecule has 1 aromatic carbocycles. The Hall–Kier alpha value is -0.540. The Balaban J connectivity index is 1.55. The molecule has 102 valence electrons. The predicted molar refractivity (Wildman–Crippen MR) is 76.9 cm³/mol. The smallest absolute Gasteiger partial charge is 0.123 e. The minimum Gasteiger partial charge on any atom is -0.307 e. The van der Waals surface area contributed by atoms with Crippen LogP contribution >= 0.6 is 11.8 Å². The summed E-state index contributed by atoms with van der Waals surface area (Å²) in [5.74, 6) is 2.90. The first kappa shape index (κ1) is 12.2. The van der Waals surface area contributed by atoms with E-state index in [2.05, 4.69) is 5.32 Å². The molecule has 3 aliphatic rings. The van der Waals surface area contributed by atoms with E-state index in [-0.39, 0.29) is 5.82 Å². The van der Waals surface area contributed by atoms with Gasteiger partial charge >= 0.3 is 0 Å². The van der Waals surface area contributed by atoms with E-state index in [1.54, 1.807) is 12.1 Å². The van der Waals surface area contributed by atoms with Gasteiger partial charge in [0.05, 0.1) is 0 Å². The molecule has 2 saturated carbocycles. The van der Waals surface area contributed by atoms with Crippen molar-refractivity contribution in [3.8, 4) is 0 Å². The molecular formula is C16H20FNS. The van der Waals surface area contributed by atoms with Gasteiger partial charge in [0.1, 0.15) is 5.82 Å². The Morgan fingerprint density at radius 3 is 2.89 bits per heavy atom. The summed E-state index contributed by atoms with van der Waals surface area (Å²) in [5.41, 5.74) is 1.19. The molecule has 1 nitrogen and oxygen atoms in total. The van der Waals surface area contributed by atoms with Crippen LogP contribution in [0.2, 0.25) is 0 Å². The zero-order valence-corrected chi connectivity index (χ0v) is 11.9. The van der Waals surface area contributed by atoms with Gasteiger partial charge in [-0.25, -0.2) is 4.39 Å². The fourth-order valence-corrected chi connectivity index (χ4v) is 5.35. The second-order valence-electron chi connectivity index (χ2n) is 6.32. The van der Waals surface area contributed by atoms with Crippen LogP contribution in [-0.4, -0.2) is 11.8 Å². The normalized spacial score (nSPS) is 36.5. The van der Waals surface area contributed by atoms with Gasteiger partial charge in [0.2, 0.25) is 0 Å². The van der Waals surface area contributed by atoms with Crippen LogP contribution < -0.4 is 5.32 Å². The zero-order chi connectivity index (χ0) is 12.8. The third-order valence-electron chi connectivity index (χ3n) is 5.16. The quantitative estimate of drug-likeness (QED) is 0.872. The van der Waals surface area contributed by atoms with Crippen LogP contribution in [0.3, 0.4) is 0 Å². The average molecular weight is 277 g/mol. The van der Waals surface area contributed by atoms with Crippen LogP contribution in [0.1, 0.15) is 43.7 Å². The van der Waals surface area contributed by atoms with Crippen molar-refractivity contribution >= 4 is 11.8 Å². The minimum absolute atomic E-state index is 0.0963. The number of hydrogen-bond acceptors (Lipinski definition) is 2. The number of hydrogen-bond donors (Lipinski definition) is 1. The fourth-order valence-electron chi connectivity index (χ4n) is 4.25. The summed E-state index contributed by atoms with van der Waals surface area (Å²) in [5, 5.41) is 3.85. The molecule has 4 unspecified atom stereocenters. The van der Waals surface area contributed by atoms with E-state index in [0.29, 0.717) is 12.1 Å². The Morgan fingerprint density at radius 2 is 2.11 bits per heavy atom. The summed E-state index contributed by atoms with van der Waals surface area (Å²) < 4.78 is 13.5. The lowest BCUT2D eigenvalue weighted by Crippen LogP contribution is -2.38.